The lowest BCUT2D eigenvalue weighted by atomic mass is 10.1. The van der Waals surface area contributed by atoms with Crippen LogP contribution in [0.5, 0.6) is 6.01 Å². The Hall–Kier alpha value is -4.03. The number of nitrogens with zero attached hydrogens (tertiary/aromatic N) is 3. The Balaban J connectivity index is 1.23. The average Bonchev–Trinajstić information content (AvgIpc) is 3.79. The molecule has 5 rings (SSSR count). The van der Waals surface area contributed by atoms with E-state index in [0.29, 0.717) is 23.4 Å². The van der Waals surface area contributed by atoms with Crippen LogP contribution >= 0.6 is 11.6 Å². The van der Waals surface area contributed by atoms with Crippen molar-refractivity contribution in [2.75, 3.05) is 23.4 Å². The molecule has 1 heterocycles. The van der Waals surface area contributed by atoms with Crippen molar-refractivity contribution >= 4 is 33.2 Å². The number of aromatic nitrogens is 3. The summed E-state index contributed by atoms with van der Waals surface area (Å²) in [6.07, 6.45) is -1.04. The zero-order chi connectivity index (χ0) is 32.8. The van der Waals surface area contributed by atoms with Gasteiger partial charge in [0.25, 0.3) is 0 Å². The Kier molecular flexibility index (Phi) is 10.3. The first-order valence-corrected chi connectivity index (χ1v) is 16.9. The van der Waals surface area contributed by atoms with Crippen molar-refractivity contribution in [1.29, 1.82) is 0 Å². The van der Waals surface area contributed by atoms with Gasteiger partial charge in [-0.2, -0.15) is 28.1 Å². The number of unbranched alkanes of at least 4 members (excludes halogenated alkanes) is 1. The number of ether oxygens (including phenoxy) is 1. The number of Topliss-reactive ketones (excluding diaryl/α,β-unsaturated/α-hetero) is 1. The summed E-state index contributed by atoms with van der Waals surface area (Å²) in [5, 5.41) is 3.81. The lowest BCUT2D eigenvalue weighted by Crippen LogP contribution is -2.23. The second-order valence-electron chi connectivity index (χ2n) is 11.3. The van der Waals surface area contributed by atoms with E-state index in [2.05, 4.69) is 20.3 Å². The van der Waals surface area contributed by atoms with Crippen molar-refractivity contribution < 1.29 is 31.1 Å². The number of anilines is 1. The quantitative estimate of drug-likeness (QED) is 0.109. The minimum absolute atomic E-state index is 0.0652. The van der Waals surface area contributed by atoms with Crippen LogP contribution in [0.3, 0.4) is 0 Å². The number of sulfone groups is 1. The third-order valence-electron chi connectivity index (χ3n) is 7.53. The average molecular weight is 673 g/mol. The van der Waals surface area contributed by atoms with Crippen molar-refractivity contribution in [2.45, 2.75) is 50.2 Å². The van der Waals surface area contributed by atoms with Crippen molar-refractivity contribution in [3.8, 4) is 6.01 Å². The highest BCUT2D eigenvalue weighted by Gasteiger charge is 2.45. The topological polar surface area (TPSA) is 111 Å². The zero-order valence-corrected chi connectivity index (χ0v) is 26.3. The van der Waals surface area contributed by atoms with Gasteiger partial charge in [-0.3, -0.25) is 4.79 Å². The molecule has 0 saturated heterocycles. The van der Waals surface area contributed by atoms with E-state index >= 15 is 0 Å². The van der Waals surface area contributed by atoms with Crippen LogP contribution < -0.4 is 10.1 Å². The van der Waals surface area contributed by atoms with Crippen molar-refractivity contribution in [2.24, 2.45) is 0 Å². The van der Waals surface area contributed by atoms with Crippen molar-refractivity contribution in [3.63, 3.8) is 0 Å². The van der Waals surface area contributed by atoms with Gasteiger partial charge in [-0.25, -0.2) is 8.42 Å². The van der Waals surface area contributed by atoms with Gasteiger partial charge >= 0.3 is 12.2 Å². The van der Waals surface area contributed by atoms with Gasteiger partial charge in [0.15, 0.2) is 22.2 Å². The molecule has 242 valence electrons. The summed E-state index contributed by atoms with van der Waals surface area (Å²) < 4.78 is 68.7. The Morgan fingerprint density at radius 2 is 1.59 bits per heavy atom. The summed E-state index contributed by atoms with van der Waals surface area (Å²) in [5.74, 6) is -0.956. The number of ketones is 1. The summed E-state index contributed by atoms with van der Waals surface area (Å²) in [6.45, 7) is -1.56. The predicted octanol–water partition coefficient (Wildman–Crippen LogP) is 6.78. The van der Waals surface area contributed by atoms with Gasteiger partial charge in [0, 0.05) is 17.0 Å². The summed E-state index contributed by atoms with van der Waals surface area (Å²) in [4.78, 5) is 25.4. The van der Waals surface area contributed by atoms with Crippen LogP contribution in [0.4, 0.5) is 19.1 Å². The number of hydrogen-bond acceptors (Lipinski definition) is 8. The van der Waals surface area contributed by atoms with Crippen LogP contribution in [0, 0.1) is 0 Å². The van der Waals surface area contributed by atoms with E-state index in [4.69, 9.17) is 16.3 Å². The first kappa shape index (κ1) is 33.3. The highest BCUT2D eigenvalue weighted by Crippen LogP contribution is 2.48. The van der Waals surface area contributed by atoms with E-state index in [-0.39, 0.29) is 29.5 Å². The first-order valence-electron chi connectivity index (χ1n) is 14.7. The molecule has 13 heteroatoms. The van der Waals surface area contributed by atoms with E-state index in [1.54, 1.807) is 24.3 Å². The number of halogens is 4. The number of carbonyl (C=O) groups excluding carboxylic acids is 1. The van der Waals surface area contributed by atoms with E-state index in [9.17, 15) is 26.4 Å². The van der Waals surface area contributed by atoms with Crippen LogP contribution in [-0.4, -0.2) is 53.4 Å². The van der Waals surface area contributed by atoms with Crippen LogP contribution in [0.25, 0.3) is 0 Å². The Morgan fingerprint density at radius 3 is 2.24 bits per heavy atom. The molecule has 0 radical (unpaired) electrons. The fourth-order valence-electron chi connectivity index (χ4n) is 4.98. The largest absolute Gasteiger partial charge is 0.454 e. The molecular formula is C33H32ClF3N4O4S. The molecule has 1 aliphatic carbocycles. The maximum Gasteiger partial charge on any atom is 0.422 e. The predicted molar refractivity (Wildman–Crippen MR) is 169 cm³/mol. The molecule has 0 atom stereocenters. The molecule has 1 fully saturated rings. The molecule has 1 aromatic heterocycles. The van der Waals surface area contributed by atoms with E-state index in [1.807, 2.05) is 42.5 Å². The summed E-state index contributed by atoms with van der Waals surface area (Å²) >= 11 is 6.02. The Morgan fingerprint density at radius 1 is 0.891 bits per heavy atom. The fraction of sp³-hybridized carbons (Fsp3) is 0.333. The molecule has 0 amide bonds. The van der Waals surface area contributed by atoms with Gasteiger partial charge in [0.05, 0.1) is 11.3 Å². The lowest BCUT2D eigenvalue weighted by Gasteiger charge is -2.19. The molecule has 0 aliphatic heterocycles. The number of carbonyl (C=O) groups is 1. The van der Waals surface area contributed by atoms with Crippen LogP contribution in [0.15, 0.2) is 78.9 Å². The van der Waals surface area contributed by atoms with Gasteiger partial charge in [0.1, 0.15) is 11.6 Å². The summed E-state index contributed by atoms with van der Waals surface area (Å²) in [5.41, 5.74) is 2.47. The van der Waals surface area contributed by atoms with Crippen molar-refractivity contribution in [3.05, 3.63) is 112 Å². The minimum Gasteiger partial charge on any atom is -0.454 e. The second kappa shape index (κ2) is 14.2. The van der Waals surface area contributed by atoms with Crippen molar-refractivity contribution in [1.82, 2.24) is 15.0 Å². The van der Waals surface area contributed by atoms with Gasteiger partial charge in [-0.1, -0.05) is 78.3 Å². The minimum atomic E-state index is -4.58. The zero-order valence-electron chi connectivity index (χ0n) is 24.8. The fourth-order valence-corrected chi connectivity index (χ4v) is 6.46. The van der Waals surface area contributed by atoms with Gasteiger partial charge in [-0.15, -0.1) is 0 Å². The van der Waals surface area contributed by atoms with Gasteiger partial charge in [0.2, 0.25) is 5.95 Å². The van der Waals surface area contributed by atoms with Crippen LogP contribution in [-0.2, 0) is 28.2 Å². The summed E-state index contributed by atoms with van der Waals surface area (Å²) in [6, 6.07) is 22.8. The molecule has 4 aromatic rings. The maximum absolute atomic E-state index is 12.9. The van der Waals surface area contributed by atoms with E-state index in [1.165, 1.54) is 12.1 Å². The third kappa shape index (κ3) is 9.73. The number of hydrogen-bond donors (Lipinski definition) is 1. The molecule has 0 unspecified atom stereocenters. The number of rotatable bonds is 15. The smallest absolute Gasteiger partial charge is 0.422 e. The molecular weight excluding hydrogens is 641 g/mol. The normalized spacial score (nSPS) is 14.1. The molecule has 0 bridgehead atoms. The molecule has 1 saturated carbocycles. The molecule has 3 aromatic carbocycles. The standard InChI is InChI=1S/C33H32ClF3N4O4S/c34-27-15-13-26(14-16-27)32(17-18-32)41-30-38-29(39-31(40-30)45-22-33(35,36)37)20-24-9-11-25(12-10-24)28(42)21-46(43,44)19-5-4-8-23-6-2-1-3-7-23/h1-3,6-7,9-16H,4-5,8,17-22H2,(H,38,39,40,41). The van der Waals surface area contributed by atoms with Gasteiger partial charge < -0.3 is 10.1 Å². The van der Waals surface area contributed by atoms with E-state index < -0.39 is 45.7 Å². The number of nitrogens with one attached hydrogen (secondary N) is 1. The summed E-state index contributed by atoms with van der Waals surface area (Å²) in [7, 11) is -3.58. The molecule has 1 aliphatic rings. The monoisotopic (exact) mass is 672 g/mol. The molecule has 0 spiro atoms. The van der Waals surface area contributed by atoms with Crippen LogP contribution in [0.2, 0.25) is 5.02 Å². The van der Waals surface area contributed by atoms with Crippen LogP contribution in [0.1, 0.15) is 58.6 Å². The van der Waals surface area contributed by atoms with Gasteiger partial charge in [-0.05, 0) is 60.9 Å². The highest BCUT2D eigenvalue weighted by molar-refractivity contribution is 7.92. The molecule has 8 nitrogen and oxygen atoms in total. The highest BCUT2D eigenvalue weighted by atomic mass is 35.5. The maximum atomic E-state index is 12.9. The third-order valence-corrected chi connectivity index (χ3v) is 9.39. The number of aryl methyl sites for hydroxylation is 1. The second-order valence-corrected chi connectivity index (χ2v) is 13.9. The van der Waals surface area contributed by atoms with E-state index in [0.717, 1.165) is 30.4 Å². The number of benzene rings is 3. The molecule has 1 N–H and O–H groups in total. The SMILES string of the molecule is O=C(CS(=O)(=O)CCCCc1ccccc1)c1ccc(Cc2nc(NC3(c4ccc(Cl)cc4)CC3)nc(OCC(F)(F)F)n2)cc1. The molecule has 46 heavy (non-hydrogen) atoms. The lowest BCUT2D eigenvalue weighted by molar-refractivity contribution is -0.154. The number of alkyl halides is 3. The first-order chi connectivity index (χ1) is 21.9. The Bertz CT molecular complexity index is 1750. The Labute approximate surface area is 270 Å².